The van der Waals surface area contributed by atoms with Crippen molar-refractivity contribution in [3.05, 3.63) is 54.1 Å². The second-order valence-corrected chi connectivity index (χ2v) is 7.81. The molecule has 3 aromatic rings. The van der Waals surface area contributed by atoms with Gasteiger partial charge in [0.2, 0.25) is 0 Å². The van der Waals surface area contributed by atoms with E-state index in [0.717, 1.165) is 13.1 Å². The van der Waals surface area contributed by atoms with E-state index in [4.69, 9.17) is 9.47 Å². The van der Waals surface area contributed by atoms with Crippen molar-refractivity contribution in [3.63, 3.8) is 0 Å². The number of nitrogens with zero attached hydrogens (tertiary/aromatic N) is 3. The van der Waals surface area contributed by atoms with E-state index in [0.29, 0.717) is 36.1 Å². The molecule has 0 atom stereocenters. The average Bonchev–Trinajstić information content (AvgIpc) is 3.19. The van der Waals surface area contributed by atoms with E-state index in [1.165, 1.54) is 34.4 Å². The van der Waals surface area contributed by atoms with Gasteiger partial charge in [-0.15, -0.1) is 0 Å². The standard InChI is InChI=1S/C21H21F2N3O3S/c22-15-4-1-2-6-17(15)29-14-19(27)26(9-8-25-10-12-28-13-11-25)21-24-20-16(23)5-3-7-18(20)30-21/h1-7H,8-14H2. The summed E-state index contributed by atoms with van der Waals surface area (Å²) in [6.07, 6.45) is 0. The maximum absolute atomic E-state index is 14.1. The number of anilines is 1. The molecule has 1 amide bonds. The van der Waals surface area contributed by atoms with Crippen LogP contribution in [0.1, 0.15) is 0 Å². The van der Waals surface area contributed by atoms with E-state index < -0.39 is 11.6 Å². The Kier molecular flexibility index (Phi) is 6.51. The fraction of sp³-hybridized carbons (Fsp3) is 0.333. The molecule has 0 bridgehead atoms. The van der Waals surface area contributed by atoms with Gasteiger partial charge in [0.15, 0.2) is 23.3 Å². The molecule has 158 valence electrons. The van der Waals surface area contributed by atoms with Gasteiger partial charge in [0.25, 0.3) is 5.91 Å². The number of rotatable bonds is 7. The lowest BCUT2D eigenvalue weighted by Gasteiger charge is -2.29. The zero-order chi connectivity index (χ0) is 20.9. The molecule has 4 rings (SSSR count). The number of hydrogen-bond donors (Lipinski definition) is 0. The lowest BCUT2D eigenvalue weighted by atomic mass is 10.3. The van der Waals surface area contributed by atoms with Crippen LogP contribution in [0, 0.1) is 11.6 Å². The number of aromatic nitrogens is 1. The van der Waals surface area contributed by atoms with Crippen LogP contribution < -0.4 is 9.64 Å². The zero-order valence-electron chi connectivity index (χ0n) is 16.2. The number of fused-ring (bicyclic) bond motifs is 1. The number of morpholine rings is 1. The van der Waals surface area contributed by atoms with E-state index in [9.17, 15) is 13.6 Å². The number of para-hydroxylation sites is 2. The van der Waals surface area contributed by atoms with Crippen LogP contribution >= 0.6 is 11.3 Å². The zero-order valence-corrected chi connectivity index (χ0v) is 17.0. The Labute approximate surface area is 176 Å². The summed E-state index contributed by atoms with van der Waals surface area (Å²) in [4.78, 5) is 21.0. The summed E-state index contributed by atoms with van der Waals surface area (Å²) in [5, 5.41) is 0.394. The highest BCUT2D eigenvalue weighted by molar-refractivity contribution is 7.22. The van der Waals surface area contributed by atoms with Gasteiger partial charge in [0.1, 0.15) is 11.3 Å². The Balaban J connectivity index is 1.53. The minimum atomic E-state index is -0.535. The molecule has 1 aromatic heterocycles. The molecule has 9 heteroatoms. The number of hydrogen-bond acceptors (Lipinski definition) is 6. The van der Waals surface area contributed by atoms with Crippen molar-refractivity contribution in [2.24, 2.45) is 0 Å². The van der Waals surface area contributed by atoms with Gasteiger partial charge in [0.05, 0.1) is 17.9 Å². The Bertz CT molecular complexity index is 1020. The lowest BCUT2D eigenvalue weighted by molar-refractivity contribution is -0.120. The summed E-state index contributed by atoms with van der Waals surface area (Å²) in [5.74, 6) is -1.33. The predicted molar refractivity (Wildman–Crippen MR) is 111 cm³/mol. The van der Waals surface area contributed by atoms with Gasteiger partial charge in [0, 0.05) is 26.2 Å². The van der Waals surface area contributed by atoms with Gasteiger partial charge < -0.3 is 9.47 Å². The monoisotopic (exact) mass is 433 g/mol. The molecule has 1 fully saturated rings. The number of thiazole rings is 1. The maximum atomic E-state index is 14.1. The smallest absolute Gasteiger partial charge is 0.266 e. The lowest BCUT2D eigenvalue weighted by Crippen LogP contribution is -2.44. The van der Waals surface area contributed by atoms with Gasteiger partial charge >= 0.3 is 0 Å². The van der Waals surface area contributed by atoms with Gasteiger partial charge in [-0.1, -0.05) is 29.5 Å². The second-order valence-electron chi connectivity index (χ2n) is 6.80. The minimum absolute atomic E-state index is 0.00863. The number of benzene rings is 2. The van der Waals surface area contributed by atoms with Gasteiger partial charge in [-0.05, 0) is 24.3 Å². The number of carbonyl (C=O) groups is 1. The number of halogens is 2. The highest BCUT2D eigenvalue weighted by Crippen LogP contribution is 2.30. The fourth-order valence-electron chi connectivity index (χ4n) is 3.19. The third-order valence-electron chi connectivity index (χ3n) is 4.82. The van der Waals surface area contributed by atoms with E-state index in [-0.39, 0.29) is 23.8 Å². The van der Waals surface area contributed by atoms with Crippen LogP contribution in [-0.4, -0.2) is 61.8 Å². The minimum Gasteiger partial charge on any atom is -0.481 e. The summed E-state index contributed by atoms with van der Waals surface area (Å²) >= 11 is 1.24. The molecule has 0 aliphatic carbocycles. The third kappa shape index (κ3) is 4.75. The van der Waals surface area contributed by atoms with Crippen molar-refractivity contribution in [1.82, 2.24) is 9.88 Å². The summed E-state index contributed by atoms with van der Waals surface area (Å²) in [7, 11) is 0. The summed E-state index contributed by atoms with van der Waals surface area (Å²) in [6.45, 7) is 3.49. The van der Waals surface area contributed by atoms with Crippen LogP contribution in [0.25, 0.3) is 10.2 Å². The SMILES string of the molecule is O=C(COc1ccccc1F)N(CCN1CCOCC1)c1nc2c(F)cccc2s1. The summed E-state index contributed by atoms with van der Waals surface area (Å²) in [5.41, 5.74) is 0.233. The topological polar surface area (TPSA) is 54.9 Å². The number of carbonyl (C=O) groups excluding carboxylic acids is 1. The molecule has 1 aliphatic rings. The molecule has 0 radical (unpaired) electrons. The van der Waals surface area contributed by atoms with Crippen LogP contribution in [0.4, 0.5) is 13.9 Å². The fourth-order valence-corrected chi connectivity index (χ4v) is 4.21. The number of ether oxygens (including phenoxy) is 2. The molecule has 30 heavy (non-hydrogen) atoms. The largest absolute Gasteiger partial charge is 0.481 e. The first-order valence-corrected chi connectivity index (χ1v) is 10.5. The molecular formula is C21H21F2N3O3S. The van der Waals surface area contributed by atoms with Gasteiger partial charge in [-0.3, -0.25) is 14.6 Å². The Morgan fingerprint density at radius 3 is 2.67 bits per heavy atom. The Morgan fingerprint density at radius 1 is 1.13 bits per heavy atom. The molecule has 2 heterocycles. The van der Waals surface area contributed by atoms with Crippen LogP contribution in [-0.2, 0) is 9.53 Å². The van der Waals surface area contributed by atoms with Gasteiger partial charge in [-0.25, -0.2) is 13.8 Å². The first-order valence-electron chi connectivity index (χ1n) is 9.64. The van der Waals surface area contributed by atoms with Gasteiger partial charge in [-0.2, -0.15) is 0 Å². The van der Waals surface area contributed by atoms with Crippen molar-refractivity contribution >= 4 is 32.6 Å². The Hall–Kier alpha value is -2.62. The molecule has 1 aliphatic heterocycles. The van der Waals surface area contributed by atoms with E-state index >= 15 is 0 Å². The maximum Gasteiger partial charge on any atom is 0.266 e. The molecule has 0 unspecified atom stereocenters. The normalized spacial score (nSPS) is 14.7. The summed E-state index contributed by atoms with van der Waals surface area (Å²) in [6, 6.07) is 10.6. The predicted octanol–water partition coefficient (Wildman–Crippen LogP) is 3.32. The van der Waals surface area contributed by atoms with Crippen LogP contribution in [0.2, 0.25) is 0 Å². The summed E-state index contributed by atoms with van der Waals surface area (Å²) < 4.78 is 39.3. The van der Waals surface area contributed by atoms with Crippen molar-refractivity contribution in [3.8, 4) is 5.75 Å². The molecule has 2 aromatic carbocycles. The molecular weight excluding hydrogens is 412 g/mol. The highest BCUT2D eigenvalue weighted by Gasteiger charge is 2.23. The van der Waals surface area contributed by atoms with E-state index in [1.807, 2.05) is 0 Å². The molecule has 6 nitrogen and oxygen atoms in total. The van der Waals surface area contributed by atoms with Crippen LogP contribution in [0.3, 0.4) is 0 Å². The van der Waals surface area contributed by atoms with Crippen molar-refractivity contribution < 1.29 is 23.0 Å². The Morgan fingerprint density at radius 2 is 1.90 bits per heavy atom. The first kappa shape index (κ1) is 20.6. The van der Waals surface area contributed by atoms with Crippen LogP contribution in [0.15, 0.2) is 42.5 Å². The van der Waals surface area contributed by atoms with Crippen molar-refractivity contribution in [1.29, 1.82) is 0 Å². The first-order chi connectivity index (χ1) is 14.6. The molecule has 0 spiro atoms. The van der Waals surface area contributed by atoms with Crippen LogP contribution in [0.5, 0.6) is 5.75 Å². The van der Waals surface area contributed by atoms with E-state index in [1.54, 1.807) is 24.3 Å². The highest BCUT2D eigenvalue weighted by atomic mass is 32.1. The quantitative estimate of drug-likeness (QED) is 0.572. The molecule has 0 N–H and O–H groups in total. The van der Waals surface area contributed by atoms with Crippen molar-refractivity contribution in [2.75, 3.05) is 50.9 Å². The third-order valence-corrected chi connectivity index (χ3v) is 5.87. The number of amides is 1. The molecule has 1 saturated heterocycles. The molecule has 0 saturated carbocycles. The second kappa shape index (κ2) is 9.46. The van der Waals surface area contributed by atoms with E-state index in [2.05, 4.69) is 9.88 Å². The average molecular weight is 433 g/mol. The van der Waals surface area contributed by atoms with Crippen molar-refractivity contribution in [2.45, 2.75) is 0 Å².